The van der Waals surface area contributed by atoms with Crippen LogP contribution in [-0.2, 0) is 9.53 Å². The molecular formula is C26H30N4O5. The second-order valence-corrected chi connectivity index (χ2v) is 8.11. The largest absolute Gasteiger partial charge is 0.496 e. The Kier molecular flexibility index (Phi) is 7.67. The number of anilines is 2. The summed E-state index contributed by atoms with van der Waals surface area (Å²) in [6.07, 6.45) is 1.54. The van der Waals surface area contributed by atoms with E-state index in [1.165, 1.54) is 6.20 Å². The molecule has 0 radical (unpaired) electrons. The van der Waals surface area contributed by atoms with Gasteiger partial charge in [-0.15, -0.1) is 0 Å². The second kappa shape index (κ2) is 11.1. The fourth-order valence-corrected chi connectivity index (χ4v) is 4.31. The highest BCUT2D eigenvalue weighted by molar-refractivity contribution is 6.09. The SMILES string of the molecule is CCOC(=O)c1cnc2c(OC)ccc(OC)c2c1N1CCN(CC(=O)Nc2ccccc2)CC1. The van der Waals surface area contributed by atoms with Crippen molar-refractivity contribution in [3.8, 4) is 11.5 Å². The van der Waals surface area contributed by atoms with E-state index < -0.39 is 5.97 Å². The van der Waals surface area contributed by atoms with E-state index in [1.54, 1.807) is 27.2 Å². The van der Waals surface area contributed by atoms with Gasteiger partial charge in [-0.25, -0.2) is 4.79 Å². The van der Waals surface area contributed by atoms with Crippen molar-refractivity contribution in [3.63, 3.8) is 0 Å². The molecule has 2 aromatic carbocycles. The number of pyridine rings is 1. The van der Waals surface area contributed by atoms with Crippen molar-refractivity contribution in [1.82, 2.24) is 9.88 Å². The minimum atomic E-state index is -0.438. The number of amides is 1. The van der Waals surface area contributed by atoms with Gasteiger partial charge in [-0.05, 0) is 31.2 Å². The van der Waals surface area contributed by atoms with Gasteiger partial charge >= 0.3 is 5.97 Å². The van der Waals surface area contributed by atoms with Crippen molar-refractivity contribution in [1.29, 1.82) is 0 Å². The normalized spacial score (nSPS) is 14.0. The van der Waals surface area contributed by atoms with Gasteiger partial charge in [-0.3, -0.25) is 14.7 Å². The van der Waals surface area contributed by atoms with Crippen LogP contribution in [0.1, 0.15) is 17.3 Å². The smallest absolute Gasteiger partial charge is 0.341 e. The number of esters is 1. The Morgan fingerprint density at radius 2 is 1.66 bits per heavy atom. The van der Waals surface area contributed by atoms with E-state index in [0.717, 1.165) is 5.69 Å². The highest BCUT2D eigenvalue weighted by Gasteiger charge is 2.28. The van der Waals surface area contributed by atoms with Gasteiger partial charge in [-0.1, -0.05) is 18.2 Å². The molecule has 1 aromatic heterocycles. The van der Waals surface area contributed by atoms with E-state index in [9.17, 15) is 9.59 Å². The van der Waals surface area contributed by atoms with Gasteiger partial charge in [0.05, 0.1) is 38.4 Å². The summed E-state index contributed by atoms with van der Waals surface area (Å²) >= 11 is 0. The molecule has 0 unspecified atom stereocenters. The fourth-order valence-electron chi connectivity index (χ4n) is 4.31. The summed E-state index contributed by atoms with van der Waals surface area (Å²) in [5.74, 6) is 0.692. The van der Waals surface area contributed by atoms with Crippen LogP contribution in [0.25, 0.3) is 10.9 Å². The molecule has 9 nitrogen and oxygen atoms in total. The topological polar surface area (TPSA) is 93.2 Å². The van der Waals surface area contributed by atoms with E-state index >= 15 is 0 Å². The quantitative estimate of drug-likeness (QED) is 0.494. The first-order valence-corrected chi connectivity index (χ1v) is 11.6. The Morgan fingerprint density at radius 3 is 2.31 bits per heavy atom. The number of hydrogen-bond donors (Lipinski definition) is 1. The average Bonchev–Trinajstić information content (AvgIpc) is 2.88. The molecular weight excluding hydrogens is 448 g/mol. The predicted octanol–water partition coefficient (Wildman–Crippen LogP) is 3.19. The summed E-state index contributed by atoms with van der Waals surface area (Å²) in [6, 6.07) is 13.0. The Morgan fingerprint density at radius 1 is 0.971 bits per heavy atom. The third-order valence-electron chi connectivity index (χ3n) is 5.97. The van der Waals surface area contributed by atoms with Crippen LogP contribution in [0.5, 0.6) is 11.5 Å². The van der Waals surface area contributed by atoms with Crippen molar-refractivity contribution in [2.24, 2.45) is 0 Å². The monoisotopic (exact) mass is 478 g/mol. The van der Waals surface area contributed by atoms with Crippen LogP contribution in [0.3, 0.4) is 0 Å². The lowest BCUT2D eigenvalue weighted by atomic mass is 10.1. The molecule has 0 spiro atoms. The summed E-state index contributed by atoms with van der Waals surface area (Å²) in [7, 11) is 3.17. The molecule has 0 saturated carbocycles. The molecule has 1 amide bonds. The van der Waals surface area contributed by atoms with Crippen molar-refractivity contribution in [3.05, 3.63) is 54.2 Å². The van der Waals surface area contributed by atoms with Gasteiger partial charge in [0.2, 0.25) is 5.91 Å². The maximum absolute atomic E-state index is 12.9. The zero-order valence-electron chi connectivity index (χ0n) is 20.2. The van der Waals surface area contributed by atoms with Gasteiger partial charge < -0.3 is 24.4 Å². The first-order chi connectivity index (χ1) is 17.0. The standard InChI is InChI=1S/C26H30N4O5/c1-4-35-26(32)19-16-27-24-21(34-3)11-10-20(33-2)23(24)25(19)30-14-12-29(13-15-30)17-22(31)28-18-8-6-5-7-9-18/h5-11,16H,4,12-15,17H2,1-3H3,(H,28,31). The number of para-hydroxylation sites is 1. The van der Waals surface area contributed by atoms with Crippen LogP contribution in [0.4, 0.5) is 11.4 Å². The van der Waals surface area contributed by atoms with Crippen LogP contribution >= 0.6 is 0 Å². The number of benzene rings is 2. The molecule has 2 heterocycles. The molecule has 184 valence electrons. The molecule has 1 aliphatic rings. The third-order valence-corrected chi connectivity index (χ3v) is 5.97. The lowest BCUT2D eigenvalue weighted by Crippen LogP contribution is -2.49. The van der Waals surface area contributed by atoms with Crippen LogP contribution in [0.15, 0.2) is 48.7 Å². The molecule has 1 fully saturated rings. The van der Waals surface area contributed by atoms with Gasteiger partial charge in [0, 0.05) is 38.1 Å². The van der Waals surface area contributed by atoms with Crippen LogP contribution < -0.4 is 19.7 Å². The second-order valence-electron chi connectivity index (χ2n) is 8.11. The number of aromatic nitrogens is 1. The summed E-state index contributed by atoms with van der Waals surface area (Å²) in [4.78, 5) is 34.1. The Balaban J connectivity index is 1.59. The van der Waals surface area contributed by atoms with Crippen molar-refractivity contribution < 1.29 is 23.8 Å². The number of nitrogens with zero attached hydrogens (tertiary/aromatic N) is 3. The predicted molar refractivity (Wildman–Crippen MR) is 135 cm³/mol. The number of hydrogen-bond acceptors (Lipinski definition) is 8. The van der Waals surface area contributed by atoms with Gasteiger partial charge in [-0.2, -0.15) is 0 Å². The first-order valence-electron chi connectivity index (χ1n) is 11.6. The molecule has 9 heteroatoms. The van der Waals surface area contributed by atoms with Crippen LogP contribution in [0, 0.1) is 0 Å². The zero-order valence-corrected chi connectivity index (χ0v) is 20.2. The molecule has 1 aliphatic heterocycles. The lowest BCUT2D eigenvalue weighted by molar-refractivity contribution is -0.117. The molecule has 0 atom stereocenters. The Labute approximate surface area is 204 Å². The van der Waals surface area contributed by atoms with Crippen molar-refractivity contribution in [2.45, 2.75) is 6.92 Å². The highest BCUT2D eigenvalue weighted by Crippen LogP contribution is 2.40. The zero-order chi connectivity index (χ0) is 24.8. The number of carbonyl (C=O) groups excluding carboxylic acids is 2. The maximum atomic E-state index is 12.9. The molecule has 35 heavy (non-hydrogen) atoms. The summed E-state index contributed by atoms with van der Waals surface area (Å²) < 4.78 is 16.5. The summed E-state index contributed by atoms with van der Waals surface area (Å²) in [6.45, 7) is 4.86. The highest BCUT2D eigenvalue weighted by atomic mass is 16.5. The van der Waals surface area contributed by atoms with Crippen molar-refractivity contribution >= 4 is 34.2 Å². The molecule has 0 bridgehead atoms. The van der Waals surface area contributed by atoms with E-state index in [0.29, 0.717) is 66.4 Å². The first kappa shape index (κ1) is 24.3. The van der Waals surface area contributed by atoms with Gasteiger partial charge in [0.1, 0.15) is 22.6 Å². The van der Waals surface area contributed by atoms with E-state index in [4.69, 9.17) is 14.2 Å². The number of nitrogens with one attached hydrogen (secondary N) is 1. The molecule has 1 N–H and O–H groups in total. The number of carbonyl (C=O) groups is 2. The minimum absolute atomic E-state index is 0.0578. The number of methoxy groups -OCH3 is 2. The van der Waals surface area contributed by atoms with E-state index in [-0.39, 0.29) is 12.5 Å². The average molecular weight is 479 g/mol. The number of fused-ring (bicyclic) bond motifs is 1. The molecule has 0 aliphatic carbocycles. The third kappa shape index (κ3) is 5.30. The maximum Gasteiger partial charge on any atom is 0.341 e. The number of piperazine rings is 1. The van der Waals surface area contributed by atoms with Crippen LogP contribution in [0.2, 0.25) is 0 Å². The van der Waals surface area contributed by atoms with E-state index in [2.05, 4.69) is 20.1 Å². The number of ether oxygens (including phenoxy) is 3. The summed E-state index contributed by atoms with van der Waals surface area (Å²) in [5, 5.41) is 3.63. The fraction of sp³-hybridized carbons (Fsp3) is 0.346. The molecule has 1 saturated heterocycles. The molecule has 4 rings (SSSR count). The summed E-state index contributed by atoms with van der Waals surface area (Å²) in [5.41, 5.74) is 2.47. The minimum Gasteiger partial charge on any atom is -0.496 e. The lowest BCUT2D eigenvalue weighted by Gasteiger charge is -2.37. The molecule has 3 aromatic rings. The Bertz CT molecular complexity index is 1190. The Hall–Kier alpha value is -3.85. The van der Waals surface area contributed by atoms with Crippen LogP contribution in [-0.4, -0.2) is 75.3 Å². The van der Waals surface area contributed by atoms with Gasteiger partial charge in [0.15, 0.2) is 0 Å². The van der Waals surface area contributed by atoms with Gasteiger partial charge in [0.25, 0.3) is 0 Å². The number of rotatable bonds is 8. The van der Waals surface area contributed by atoms with E-state index in [1.807, 2.05) is 36.4 Å². The van der Waals surface area contributed by atoms with Crippen molar-refractivity contribution in [2.75, 3.05) is 63.8 Å².